The van der Waals surface area contributed by atoms with Gasteiger partial charge < -0.3 is 9.64 Å². The largest absolute Gasteiger partial charge is 0.378 e. The summed E-state index contributed by atoms with van der Waals surface area (Å²) < 4.78 is 21.2. The van der Waals surface area contributed by atoms with E-state index in [0.29, 0.717) is 0 Å². The molecule has 2 heterocycles. The van der Waals surface area contributed by atoms with Crippen LogP contribution < -0.4 is 4.90 Å². The van der Waals surface area contributed by atoms with Crippen LogP contribution in [0, 0.1) is 5.82 Å². The zero-order valence-corrected chi connectivity index (χ0v) is 12.7. The third kappa shape index (κ3) is 2.45. The van der Waals surface area contributed by atoms with E-state index in [1.807, 2.05) is 11.7 Å². The van der Waals surface area contributed by atoms with Crippen LogP contribution in [0.5, 0.6) is 0 Å². The molecule has 0 aliphatic carbocycles. The van der Waals surface area contributed by atoms with E-state index < -0.39 is 0 Å². The molecule has 3 rings (SSSR count). The number of hydrogen-bond acceptors (Lipinski definition) is 3. The molecule has 0 amide bonds. The lowest BCUT2D eigenvalue weighted by atomic mass is 10.1. The number of aromatic nitrogens is 2. The summed E-state index contributed by atoms with van der Waals surface area (Å²) in [5.74, 6) is 0.793. The molecule has 106 valence electrons. The maximum Gasteiger partial charge on any atom is 0.141 e. The maximum atomic E-state index is 13.0. The molecular formula is C14H15BrFN3O. The summed E-state index contributed by atoms with van der Waals surface area (Å²) in [5.41, 5.74) is 1.72. The fraction of sp³-hybridized carbons (Fsp3) is 0.357. The Morgan fingerprint density at radius 2 is 1.85 bits per heavy atom. The second-order valence-electron chi connectivity index (χ2n) is 4.72. The number of anilines is 1. The van der Waals surface area contributed by atoms with Gasteiger partial charge in [0, 0.05) is 25.7 Å². The quantitative estimate of drug-likeness (QED) is 0.842. The van der Waals surface area contributed by atoms with Gasteiger partial charge in [0.15, 0.2) is 0 Å². The lowest BCUT2D eigenvalue weighted by molar-refractivity contribution is 0.122. The monoisotopic (exact) mass is 339 g/mol. The molecule has 0 radical (unpaired) electrons. The molecule has 0 spiro atoms. The molecule has 1 aliphatic heterocycles. The van der Waals surface area contributed by atoms with Crippen LogP contribution in [0.15, 0.2) is 28.7 Å². The Hall–Kier alpha value is -1.40. The van der Waals surface area contributed by atoms with Crippen molar-refractivity contribution in [2.24, 2.45) is 7.05 Å². The highest BCUT2D eigenvalue weighted by atomic mass is 79.9. The van der Waals surface area contributed by atoms with Crippen LogP contribution in [-0.2, 0) is 11.8 Å². The third-order valence-corrected chi connectivity index (χ3v) is 4.12. The summed E-state index contributed by atoms with van der Waals surface area (Å²) in [4.78, 5) is 2.24. The third-order valence-electron chi connectivity index (χ3n) is 3.39. The smallest absolute Gasteiger partial charge is 0.141 e. The van der Waals surface area contributed by atoms with Gasteiger partial charge in [-0.25, -0.2) is 4.39 Å². The molecule has 0 unspecified atom stereocenters. The minimum absolute atomic E-state index is 0.241. The summed E-state index contributed by atoms with van der Waals surface area (Å²) in [7, 11) is 1.92. The number of hydrogen-bond donors (Lipinski definition) is 0. The van der Waals surface area contributed by atoms with E-state index in [1.165, 1.54) is 12.1 Å². The summed E-state index contributed by atoms with van der Waals surface area (Å²) in [6.45, 7) is 3.15. The van der Waals surface area contributed by atoms with E-state index in [2.05, 4.69) is 25.9 Å². The Bertz CT molecular complexity index is 606. The van der Waals surface area contributed by atoms with Crippen molar-refractivity contribution in [3.8, 4) is 11.3 Å². The Kier molecular flexibility index (Phi) is 3.76. The van der Waals surface area contributed by atoms with Gasteiger partial charge in [-0.1, -0.05) is 0 Å². The number of rotatable bonds is 2. The minimum atomic E-state index is -0.241. The Balaban J connectivity index is 1.99. The second-order valence-corrected chi connectivity index (χ2v) is 5.51. The van der Waals surface area contributed by atoms with Crippen molar-refractivity contribution in [3.05, 3.63) is 34.6 Å². The standard InChI is InChI=1S/C14H15BrFN3O/c1-18-14(19-6-8-20-9-7-19)12(15)13(17-18)10-2-4-11(16)5-3-10/h2-5H,6-9H2,1H3. The van der Waals surface area contributed by atoms with Crippen LogP contribution in [0.4, 0.5) is 10.2 Å². The van der Waals surface area contributed by atoms with Gasteiger partial charge in [0.25, 0.3) is 0 Å². The number of nitrogens with zero attached hydrogens (tertiary/aromatic N) is 3. The fourth-order valence-electron chi connectivity index (χ4n) is 2.40. The molecule has 4 nitrogen and oxygen atoms in total. The van der Waals surface area contributed by atoms with Gasteiger partial charge in [-0.3, -0.25) is 4.68 Å². The number of morpholine rings is 1. The molecule has 0 N–H and O–H groups in total. The summed E-state index contributed by atoms with van der Waals surface area (Å²) >= 11 is 3.63. The topological polar surface area (TPSA) is 30.3 Å². The molecule has 0 bridgehead atoms. The fourth-order valence-corrected chi connectivity index (χ4v) is 3.22. The molecule has 1 fully saturated rings. The molecule has 1 aliphatic rings. The zero-order chi connectivity index (χ0) is 14.1. The Morgan fingerprint density at radius 1 is 1.20 bits per heavy atom. The number of aryl methyl sites for hydroxylation is 1. The van der Waals surface area contributed by atoms with Crippen LogP contribution in [0.3, 0.4) is 0 Å². The van der Waals surface area contributed by atoms with Crippen LogP contribution >= 0.6 is 15.9 Å². The van der Waals surface area contributed by atoms with Gasteiger partial charge in [0.2, 0.25) is 0 Å². The molecule has 1 saturated heterocycles. The summed E-state index contributed by atoms with van der Waals surface area (Å²) in [6, 6.07) is 6.38. The van der Waals surface area contributed by atoms with Gasteiger partial charge in [-0.05, 0) is 40.2 Å². The maximum absolute atomic E-state index is 13.0. The molecular weight excluding hydrogens is 325 g/mol. The van der Waals surface area contributed by atoms with Gasteiger partial charge in [0.1, 0.15) is 17.3 Å². The molecule has 2 aromatic rings. The van der Waals surface area contributed by atoms with E-state index in [0.717, 1.165) is 47.9 Å². The summed E-state index contributed by atoms with van der Waals surface area (Å²) in [5, 5.41) is 4.55. The van der Waals surface area contributed by atoms with E-state index in [1.54, 1.807) is 12.1 Å². The Morgan fingerprint density at radius 3 is 2.50 bits per heavy atom. The number of halogens is 2. The highest BCUT2D eigenvalue weighted by molar-refractivity contribution is 9.10. The van der Waals surface area contributed by atoms with E-state index >= 15 is 0 Å². The SMILES string of the molecule is Cn1nc(-c2ccc(F)cc2)c(Br)c1N1CCOCC1. The van der Waals surface area contributed by atoms with Crippen LogP contribution in [0.25, 0.3) is 11.3 Å². The first-order chi connectivity index (χ1) is 9.66. The van der Waals surface area contributed by atoms with Crippen LogP contribution in [0.2, 0.25) is 0 Å². The van der Waals surface area contributed by atoms with Gasteiger partial charge >= 0.3 is 0 Å². The first-order valence-corrected chi connectivity index (χ1v) is 7.27. The molecule has 0 atom stereocenters. The molecule has 0 saturated carbocycles. The predicted molar refractivity (Wildman–Crippen MR) is 79.3 cm³/mol. The highest BCUT2D eigenvalue weighted by Gasteiger charge is 2.22. The Labute approximate surface area is 125 Å². The van der Waals surface area contributed by atoms with Gasteiger partial charge in [-0.2, -0.15) is 5.10 Å². The van der Waals surface area contributed by atoms with E-state index in [9.17, 15) is 4.39 Å². The summed E-state index contributed by atoms with van der Waals surface area (Å²) in [6.07, 6.45) is 0. The molecule has 6 heteroatoms. The zero-order valence-electron chi connectivity index (χ0n) is 11.1. The van der Waals surface area contributed by atoms with E-state index in [4.69, 9.17) is 4.74 Å². The molecule has 1 aromatic carbocycles. The van der Waals surface area contributed by atoms with Crippen molar-refractivity contribution in [1.29, 1.82) is 0 Å². The van der Waals surface area contributed by atoms with Crippen molar-refractivity contribution in [1.82, 2.24) is 9.78 Å². The predicted octanol–water partition coefficient (Wildman–Crippen LogP) is 2.83. The van der Waals surface area contributed by atoms with Crippen molar-refractivity contribution < 1.29 is 9.13 Å². The van der Waals surface area contributed by atoms with Crippen LogP contribution in [0.1, 0.15) is 0 Å². The number of benzene rings is 1. The lowest BCUT2D eigenvalue weighted by Crippen LogP contribution is -2.37. The highest BCUT2D eigenvalue weighted by Crippen LogP contribution is 2.35. The van der Waals surface area contributed by atoms with Crippen molar-refractivity contribution >= 4 is 21.7 Å². The molecule has 20 heavy (non-hydrogen) atoms. The lowest BCUT2D eigenvalue weighted by Gasteiger charge is -2.28. The average molecular weight is 340 g/mol. The number of ether oxygens (including phenoxy) is 1. The van der Waals surface area contributed by atoms with E-state index in [-0.39, 0.29) is 5.82 Å². The van der Waals surface area contributed by atoms with Crippen molar-refractivity contribution in [3.63, 3.8) is 0 Å². The first-order valence-electron chi connectivity index (χ1n) is 6.48. The second kappa shape index (κ2) is 5.54. The van der Waals surface area contributed by atoms with Gasteiger partial charge in [0.05, 0.1) is 17.7 Å². The van der Waals surface area contributed by atoms with Crippen molar-refractivity contribution in [2.75, 3.05) is 31.2 Å². The van der Waals surface area contributed by atoms with Gasteiger partial charge in [-0.15, -0.1) is 0 Å². The normalized spacial score (nSPS) is 15.7. The first kappa shape index (κ1) is 13.6. The average Bonchev–Trinajstić information content (AvgIpc) is 2.76. The van der Waals surface area contributed by atoms with Crippen molar-refractivity contribution in [2.45, 2.75) is 0 Å². The molecule has 1 aromatic heterocycles. The minimum Gasteiger partial charge on any atom is -0.378 e. The van der Waals surface area contributed by atoms with Crippen LogP contribution in [-0.4, -0.2) is 36.1 Å².